The summed E-state index contributed by atoms with van der Waals surface area (Å²) >= 11 is 3.40. The van der Waals surface area contributed by atoms with Crippen LogP contribution in [0.25, 0.3) is 22.6 Å². The summed E-state index contributed by atoms with van der Waals surface area (Å²) in [7, 11) is 3.13. The molecular weight excluding hydrogens is 452 g/mol. The smallest absolute Gasteiger partial charge is 0.276 e. The van der Waals surface area contributed by atoms with Crippen LogP contribution in [0.1, 0.15) is 10.5 Å². The van der Waals surface area contributed by atoms with E-state index in [1.807, 2.05) is 24.3 Å². The summed E-state index contributed by atoms with van der Waals surface area (Å²) in [6.07, 6.45) is 0. The molecule has 1 amide bonds. The van der Waals surface area contributed by atoms with Crippen LogP contribution >= 0.6 is 15.9 Å². The molecule has 9 nitrogen and oxygen atoms in total. The van der Waals surface area contributed by atoms with E-state index in [4.69, 9.17) is 9.47 Å². The monoisotopic (exact) mass is 468 g/mol. The molecule has 0 unspecified atom stereocenters. The number of aromatic nitrogens is 5. The van der Waals surface area contributed by atoms with E-state index in [2.05, 4.69) is 46.6 Å². The van der Waals surface area contributed by atoms with Crippen molar-refractivity contribution in [3.05, 3.63) is 58.7 Å². The van der Waals surface area contributed by atoms with Crippen LogP contribution in [0, 0.1) is 0 Å². The van der Waals surface area contributed by atoms with Crippen molar-refractivity contribution in [3.8, 4) is 34.1 Å². The van der Waals surface area contributed by atoms with Crippen molar-refractivity contribution in [2.24, 2.45) is 0 Å². The van der Waals surface area contributed by atoms with Gasteiger partial charge in [-0.25, -0.2) is 0 Å². The van der Waals surface area contributed by atoms with Crippen LogP contribution in [0.5, 0.6) is 11.5 Å². The van der Waals surface area contributed by atoms with Crippen LogP contribution in [-0.2, 0) is 0 Å². The number of nitrogens with one attached hydrogen (secondary N) is 3. The second kappa shape index (κ2) is 8.37. The first-order valence-corrected chi connectivity index (χ1v) is 9.64. The minimum atomic E-state index is -0.405. The molecule has 0 aliphatic carbocycles. The number of rotatable bonds is 6. The van der Waals surface area contributed by atoms with Gasteiger partial charge in [0.05, 0.1) is 25.5 Å². The Morgan fingerprint density at radius 3 is 2.53 bits per heavy atom. The topological polar surface area (TPSA) is 118 Å². The highest BCUT2D eigenvalue weighted by atomic mass is 79.9. The molecule has 30 heavy (non-hydrogen) atoms. The number of methoxy groups -OCH3 is 2. The number of anilines is 1. The third-order valence-electron chi connectivity index (χ3n) is 4.34. The minimum absolute atomic E-state index is 0.132. The van der Waals surface area contributed by atoms with E-state index in [-0.39, 0.29) is 5.95 Å². The van der Waals surface area contributed by atoms with Gasteiger partial charge in [-0.05, 0) is 30.3 Å². The first-order chi connectivity index (χ1) is 14.6. The number of hydrogen-bond acceptors (Lipinski definition) is 6. The number of amides is 1. The zero-order valence-electron chi connectivity index (χ0n) is 16.1. The minimum Gasteiger partial charge on any atom is -0.497 e. The summed E-state index contributed by atoms with van der Waals surface area (Å²) in [6, 6.07) is 14.6. The summed E-state index contributed by atoms with van der Waals surface area (Å²) in [5.41, 5.74) is 2.53. The summed E-state index contributed by atoms with van der Waals surface area (Å²) in [5.74, 6) is 1.40. The number of ether oxygens (including phenoxy) is 2. The van der Waals surface area contributed by atoms with Gasteiger partial charge in [-0.2, -0.15) is 10.1 Å². The highest BCUT2D eigenvalue weighted by Gasteiger charge is 2.16. The van der Waals surface area contributed by atoms with Crippen LogP contribution in [0.4, 0.5) is 5.95 Å². The summed E-state index contributed by atoms with van der Waals surface area (Å²) in [6.45, 7) is 0. The molecule has 4 aromatic rings. The number of hydrogen-bond donors (Lipinski definition) is 3. The normalized spacial score (nSPS) is 10.6. The molecule has 3 N–H and O–H groups in total. The number of nitrogens with zero attached hydrogens (tertiary/aromatic N) is 3. The predicted octanol–water partition coefficient (Wildman–Crippen LogP) is 3.89. The molecule has 0 spiro atoms. The fourth-order valence-electron chi connectivity index (χ4n) is 2.81. The number of benzene rings is 2. The molecule has 10 heteroatoms. The van der Waals surface area contributed by atoms with E-state index in [9.17, 15) is 4.79 Å². The molecule has 2 aromatic carbocycles. The van der Waals surface area contributed by atoms with E-state index in [1.165, 1.54) is 0 Å². The molecule has 0 radical (unpaired) electrons. The molecule has 0 aliphatic rings. The molecular formula is C20H17BrN6O3. The molecule has 2 aromatic heterocycles. The molecule has 0 saturated carbocycles. The van der Waals surface area contributed by atoms with E-state index in [0.29, 0.717) is 34.3 Å². The third-order valence-corrected chi connectivity index (χ3v) is 4.87. The Morgan fingerprint density at radius 1 is 1.00 bits per heavy atom. The summed E-state index contributed by atoms with van der Waals surface area (Å²) in [5, 5.41) is 16.4. The van der Waals surface area contributed by atoms with Crippen LogP contribution in [0.3, 0.4) is 0 Å². The molecule has 2 heterocycles. The van der Waals surface area contributed by atoms with Gasteiger partial charge in [0.2, 0.25) is 5.95 Å². The standard InChI is InChI=1S/C20H17BrN6O3/c1-29-13-7-8-14(17(9-13)30-2)18-22-20(27-26-18)23-19(28)16-10-15(24-25-16)11-3-5-12(21)6-4-11/h3-10H,1-2H3,(H,24,25)(H2,22,23,26,27,28). The van der Waals surface area contributed by atoms with E-state index in [0.717, 1.165) is 10.0 Å². The highest BCUT2D eigenvalue weighted by molar-refractivity contribution is 9.10. The summed E-state index contributed by atoms with van der Waals surface area (Å²) < 4.78 is 11.5. The zero-order valence-corrected chi connectivity index (χ0v) is 17.6. The van der Waals surface area contributed by atoms with Gasteiger partial charge in [0.1, 0.15) is 17.2 Å². The van der Waals surface area contributed by atoms with Crippen molar-refractivity contribution < 1.29 is 14.3 Å². The third kappa shape index (κ3) is 4.03. The van der Waals surface area contributed by atoms with Crippen molar-refractivity contribution >= 4 is 27.8 Å². The van der Waals surface area contributed by atoms with Crippen molar-refractivity contribution in [1.82, 2.24) is 25.4 Å². The predicted molar refractivity (Wildman–Crippen MR) is 115 cm³/mol. The molecule has 0 fully saturated rings. The Balaban J connectivity index is 1.50. The molecule has 4 rings (SSSR count). The lowest BCUT2D eigenvalue weighted by Gasteiger charge is -2.07. The highest BCUT2D eigenvalue weighted by Crippen LogP contribution is 2.31. The Kier molecular flexibility index (Phi) is 5.48. The van der Waals surface area contributed by atoms with Crippen LogP contribution in [0.2, 0.25) is 0 Å². The van der Waals surface area contributed by atoms with Crippen LogP contribution in [0.15, 0.2) is 53.0 Å². The zero-order chi connectivity index (χ0) is 21.1. The second-order valence-electron chi connectivity index (χ2n) is 6.20. The van der Waals surface area contributed by atoms with E-state index in [1.54, 1.807) is 38.5 Å². The van der Waals surface area contributed by atoms with E-state index >= 15 is 0 Å². The fourth-order valence-corrected chi connectivity index (χ4v) is 3.07. The molecule has 0 bridgehead atoms. The largest absolute Gasteiger partial charge is 0.497 e. The SMILES string of the molecule is COc1ccc(-c2nc(NC(=O)c3cc(-c4ccc(Br)cc4)n[nH]3)n[nH]2)c(OC)c1. The first kappa shape index (κ1) is 19.6. The van der Waals surface area contributed by atoms with Gasteiger partial charge in [0.25, 0.3) is 5.91 Å². The Bertz CT molecular complexity index is 1190. The number of carbonyl (C=O) groups is 1. The van der Waals surface area contributed by atoms with Crippen LogP contribution in [-0.4, -0.2) is 45.5 Å². The Labute approximate surface area is 180 Å². The first-order valence-electron chi connectivity index (χ1n) is 8.85. The molecule has 0 aliphatic heterocycles. The van der Waals surface area contributed by atoms with Gasteiger partial charge >= 0.3 is 0 Å². The second-order valence-corrected chi connectivity index (χ2v) is 7.12. The van der Waals surface area contributed by atoms with Gasteiger partial charge < -0.3 is 9.47 Å². The molecule has 152 valence electrons. The number of aromatic amines is 2. The van der Waals surface area contributed by atoms with Crippen molar-refractivity contribution in [1.29, 1.82) is 0 Å². The number of H-pyrrole nitrogens is 2. The lowest BCUT2D eigenvalue weighted by atomic mass is 10.1. The van der Waals surface area contributed by atoms with Gasteiger partial charge in [-0.3, -0.25) is 20.3 Å². The maximum absolute atomic E-state index is 12.5. The summed E-state index contributed by atoms with van der Waals surface area (Å²) in [4.78, 5) is 16.9. The number of carbonyl (C=O) groups excluding carboxylic acids is 1. The average molecular weight is 469 g/mol. The maximum atomic E-state index is 12.5. The Hall–Kier alpha value is -3.66. The van der Waals surface area contributed by atoms with E-state index < -0.39 is 5.91 Å². The van der Waals surface area contributed by atoms with Crippen molar-refractivity contribution in [2.45, 2.75) is 0 Å². The quantitative estimate of drug-likeness (QED) is 0.394. The van der Waals surface area contributed by atoms with Crippen molar-refractivity contribution in [2.75, 3.05) is 19.5 Å². The van der Waals surface area contributed by atoms with Crippen LogP contribution < -0.4 is 14.8 Å². The van der Waals surface area contributed by atoms with Crippen molar-refractivity contribution in [3.63, 3.8) is 0 Å². The van der Waals surface area contributed by atoms with Gasteiger partial charge in [0, 0.05) is 16.1 Å². The lowest BCUT2D eigenvalue weighted by molar-refractivity contribution is 0.102. The fraction of sp³-hybridized carbons (Fsp3) is 0.100. The molecule has 0 saturated heterocycles. The van der Waals surface area contributed by atoms with Gasteiger partial charge in [-0.15, -0.1) is 5.10 Å². The van der Waals surface area contributed by atoms with Gasteiger partial charge in [-0.1, -0.05) is 28.1 Å². The molecule has 0 atom stereocenters. The number of halogens is 1. The Morgan fingerprint density at radius 2 is 1.80 bits per heavy atom. The average Bonchev–Trinajstić information content (AvgIpc) is 3.44. The maximum Gasteiger partial charge on any atom is 0.276 e. The lowest BCUT2D eigenvalue weighted by Crippen LogP contribution is -2.13. The van der Waals surface area contributed by atoms with Gasteiger partial charge in [0.15, 0.2) is 5.82 Å².